The predicted octanol–water partition coefficient (Wildman–Crippen LogP) is 1.02. The minimum absolute atomic E-state index is 0.0508. The molecule has 2 aliphatic rings. The lowest BCUT2D eigenvalue weighted by atomic mass is 9.95. The first-order valence-corrected chi connectivity index (χ1v) is 10.0. The van der Waals surface area contributed by atoms with E-state index in [1.54, 1.807) is 27.8 Å². The van der Waals surface area contributed by atoms with Crippen LogP contribution in [0, 0.1) is 5.92 Å². The summed E-state index contributed by atoms with van der Waals surface area (Å²) in [6, 6.07) is 3.97. The van der Waals surface area contributed by atoms with Crippen molar-refractivity contribution in [2.24, 2.45) is 5.92 Å². The van der Waals surface area contributed by atoms with Crippen molar-refractivity contribution in [2.75, 3.05) is 33.2 Å². The van der Waals surface area contributed by atoms with E-state index in [1.807, 2.05) is 0 Å². The number of hydrogen-bond acceptors (Lipinski definition) is 6. The normalized spacial score (nSPS) is 22.9. The first kappa shape index (κ1) is 18.3. The molecular weight excluding hydrogens is 342 g/mol. The Bertz CT molecular complexity index is 780. The third-order valence-corrected chi connectivity index (χ3v) is 6.03. The van der Waals surface area contributed by atoms with Gasteiger partial charge < -0.3 is 9.80 Å². The predicted molar refractivity (Wildman–Crippen MR) is 103 cm³/mol. The van der Waals surface area contributed by atoms with Crippen LogP contribution in [-0.4, -0.2) is 73.6 Å². The summed E-state index contributed by atoms with van der Waals surface area (Å²) in [6.07, 6.45) is 9.34. The number of piperidine rings is 2. The maximum Gasteiger partial charge on any atom is 0.266 e. The molecule has 146 valence electrons. The Morgan fingerprint density at radius 2 is 1.93 bits per heavy atom. The maximum absolute atomic E-state index is 12.2. The number of likely N-dealkylation sites (N-methyl/N-ethyl adjacent to an activating group) is 1. The average molecular weight is 371 g/mol. The standard InChI is InChI=1S/C19H29N7O/c1-23-9-3-2-4-17(23)13-24-10-7-16(8-11-24)12-25-19(27)6-5-18(22-25)26-15-20-14-21-26/h5-6,14-17H,2-4,7-13H2,1H3. The van der Waals surface area contributed by atoms with Gasteiger partial charge in [0.2, 0.25) is 0 Å². The fourth-order valence-electron chi connectivity index (χ4n) is 4.29. The fourth-order valence-corrected chi connectivity index (χ4v) is 4.29. The molecule has 0 bridgehead atoms. The summed E-state index contributed by atoms with van der Waals surface area (Å²) in [5, 5.41) is 8.57. The van der Waals surface area contributed by atoms with E-state index in [2.05, 4.69) is 32.0 Å². The lowest BCUT2D eigenvalue weighted by Gasteiger charge is -2.39. The van der Waals surface area contributed by atoms with Gasteiger partial charge in [0, 0.05) is 25.2 Å². The second-order valence-corrected chi connectivity index (χ2v) is 7.93. The quantitative estimate of drug-likeness (QED) is 0.781. The SMILES string of the molecule is CN1CCCCC1CN1CCC(Cn2nc(-n3cncn3)ccc2=O)CC1. The zero-order chi connectivity index (χ0) is 18.6. The molecule has 0 N–H and O–H groups in total. The zero-order valence-electron chi connectivity index (χ0n) is 16.1. The van der Waals surface area contributed by atoms with Crippen molar-refractivity contribution in [3.63, 3.8) is 0 Å². The van der Waals surface area contributed by atoms with E-state index in [1.165, 1.54) is 38.7 Å². The first-order valence-electron chi connectivity index (χ1n) is 10.0. The van der Waals surface area contributed by atoms with Gasteiger partial charge in [-0.15, -0.1) is 5.10 Å². The Labute approximate surface area is 159 Å². The summed E-state index contributed by atoms with van der Waals surface area (Å²) in [7, 11) is 2.26. The van der Waals surface area contributed by atoms with Crippen LogP contribution >= 0.6 is 0 Å². The zero-order valence-corrected chi connectivity index (χ0v) is 16.1. The molecule has 0 saturated carbocycles. The minimum Gasteiger partial charge on any atom is -0.302 e. The van der Waals surface area contributed by atoms with Crippen molar-refractivity contribution in [1.82, 2.24) is 34.3 Å². The molecule has 4 heterocycles. The maximum atomic E-state index is 12.2. The Balaban J connectivity index is 1.33. The second-order valence-electron chi connectivity index (χ2n) is 7.93. The molecule has 0 amide bonds. The molecular formula is C19H29N7O. The van der Waals surface area contributed by atoms with Gasteiger partial charge in [0.15, 0.2) is 5.82 Å². The van der Waals surface area contributed by atoms with Crippen molar-refractivity contribution in [1.29, 1.82) is 0 Å². The molecule has 0 aromatic carbocycles. The summed E-state index contributed by atoms with van der Waals surface area (Å²) in [4.78, 5) is 21.3. The highest BCUT2D eigenvalue weighted by molar-refractivity contribution is 5.16. The molecule has 1 atom stereocenters. The molecule has 2 aromatic rings. The largest absolute Gasteiger partial charge is 0.302 e. The van der Waals surface area contributed by atoms with E-state index in [4.69, 9.17) is 0 Å². The molecule has 4 rings (SSSR count). The van der Waals surface area contributed by atoms with Crippen molar-refractivity contribution >= 4 is 0 Å². The van der Waals surface area contributed by atoms with E-state index in [0.717, 1.165) is 25.9 Å². The number of nitrogens with zero attached hydrogens (tertiary/aromatic N) is 7. The van der Waals surface area contributed by atoms with Gasteiger partial charge in [0.25, 0.3) is 5.56 Å². The van der Waals surface area contributed by atoms with Gasteiger partial charge in [0.1, 0.15) is 12.7 Å². The molecule has 2 aromatic heterocycles. The van der Waals surface area contributed by atoms with Crippen molar-refractivity contribution < 1.29 is 0 Å². The smallest absolute Gasteiger partial charge is 0.266 e. The lowest BCUT2D eigenvalue weighted by Crippen LogP contribution is -2.47. The van der Waals surface area contributed by atoms with Gasteiger partial charge in [-0.25, -0.2) is 14.3 Å². The Kier molecular flexibility index (Phi) is 5.63. The molecule has 0 spiro atoms. The van der Waals surface area contributed by atoms with E-state index in [0.29, 0.717) is 24.3 Å². The summed E-state index contributed by atoms with van der Waals surface area (Å²) in [5.41, 5.74) is -0.0508. The lowest BCUT2D eigenvalue weighted by molar-refractivity contribution is 0.0995. The number of likely N-dealkylation sites (tertiary alicyclic amines) is 2. The third-order valence-electron chi connectivity index (χ3n) is 6.03. The first-order chi connectivity index (χ1) is 13.2. The van der Waals surface area contributed by atoms with Crippen LogP contribution in [0.15, 0.2) is 29.6 Å². The van der Waals surface area contributed by atoms with E-state index in [-0.39, 0.29) is 5.56 Å². The molecule has 27 heavy (non-hydrogen) atoms. The summed E-state index contributed by atoms with van der Waals surface area (Å²) < 4.78 is 3.17. The monoisotopic (exact) mass is 371 g/mol. The highest BCUT2D eigenvalue weighted by Gasteiger charge is 2.25. The Morgan fingerprint density at radius 3 is 2.67 bits per heavy atom. The Morgan fingerprint density at radius 1 is 1.07 bits per heavy atom. The van der Waals surface area contributed by atoms with Gasteiger partial charge in [-0.05, 0) is 64.3 Å². The number of hydrogen-bond donors (Lipinski definition) is 0. The van der Waals surface area contributed by atoms with Crippen LogP contribution in [0.1, 0.15) is 32.1 Å². The third kappa shape index (κ3) is 4.44. The highest BCUT2D eigenvalue weighted by Crippen LogP contribution is 2.22. The average Bonchev–Trinajstić information content (AvgIpc) is 3.22. The van der Waals surface area contributed by atoms with E-state index < -0.39 is 0 Å². The highest BCUT2D eigenvalue weighted by atomic mass is 16.1. The van der Waals surface area contributed by atoms with Crippen LogP contribution in [0.25, 0.3) is 5.82 Å². The molecule has 0 radical (unpaired) electrons. The molecule has 2 saturated heterocycles. The molecule has 8 heteroatoms. The van der Waals surface area contributed by atoms with Crippen molar-refractivity contribution in [3.8, 4) is 5.82 Å². The molecule has 2 fully saturated rings. The minimum atomic E-state index is -0.0508. The molecule has 0 aliphatic carbocycles. The van der Waals surface area contributed by atoms with E-state index in [9.17, 15) is 4.79 Å². The van der Waals surface area contributed by atoms with Gasteiger partial charge in [0.05, 0.1) is 0 Å². The van der Waals surface area contributed by atoms with Crippen molar-refractivity contribution in [2.45, 2.75) is 44.7 Å². The van der Waals surface area contributed by atoms with Crippen LogP contribution in [0.3, 0.4) is 0 Å². The van der Waals surface area contributed by atoms with Crippen molar-refractivity contribution in [3.05, 3.63) is 35.1 Å². The summed E-state index contributed by atoms with van der Waals surface area (Å²) in [5.74, 6) is 1.13. The molecule has 1 unspecified atom stereocenters. The van der Waals surface area contributed by atoms with Gasteiger partial charge in [-0.3, -0.25) is 4.79 Å². The number of rotatable bonds is 5. The van der Waals surface area contributed by atoms with E-state index >= 15 is 0 Å². The second kappa shape index (κ2) is 8.31. The van der Waals surface area contributed by atoms with Crippen LogP contribution < -0.4 is 5.56 Å². The van der Waals surface area contributed by atoms with Gasteiger partial charge in [-0.2, -0.15) is 5.10 Å². The molecule has 8 nitrogen and oxygen atoms in total. The Hall–Kier alpha value is -2.06. The van der Waals surface area contributed by atoms with Crippen LogP contribution in [0.2, 0.25) is 0 Å². The topological polar surface area (TPSA) is 72.1 Å². The van der Waals surface area contributed by atoms with Crippen LogP contribution in [-0.2, 0) is 6.54 Å². The number of aromatic nitrogens is 5. The van der Waals surface area contributed by atoms with Crippen LogP contribution in [0.5, 0.6) is 0 Å². The van der Waals surface area contributed by atoms with Gasteiger partial charge >= 0.3 is 0 Å². The van der Waals surface area contributed by atoms with Gasteiger partial charge in [-0.1, -0.05) is 6.42 Å². The summed E-state index contributed by atoms with van der Waals surface area (Å²) in [6.45, 7) is 5.33. The van der Waals surface area contributed by atoms with Crippen LogP contribution in [0.4, 0.5) is 0 Å². The molecule has 2 aliphatic heterocycles. The fraction of sp³-hybridized carbons (Fsp3) is 0.684. The summed E-state index contributed by atoms with van der Waals surface area (Å²) >= 11 is 0.